The fourth-order valence-electron chi connectivity index (χ4n) is 2.80. The van der Waals surface area contributed by atoms with Gasteiger partial charge in [-0.05, 0) is 30.9 Å². The van der Waals surface area contributed by atoms with E-state index in [1.165, 1.54) is 18.9 Å². The van der Waals surface area contributed by atoms with Crippen LogP contribution in [-0.2, 0) is 10.9 Å². The molecule has 20 heavy (non-hydrogen) atoms. The van der Waals surface area contributed by atoms with Crippen LogP contribution in [0.3, 0.4) is 0 Å². The summed E-state index contributed by atoms with van der Waals surface area (Å²) in [5.41, 5.74) is -0.289. The van der Waals surface area contributed by atoms with E-state index in [2.05, 4.69) is 5.32 Å². The summed E-state index contributed by atoms with van der Waals surface area (Å²) >= 11 is 0. The highest BCUT2D eigenvalue weighted by Crippen LogP contribution is 2.41. The third kappa shape index (κ3) is 2.99. The molecule has 0 radical (unpaired) electrons. The van der Waals surface area contributed by atoms with Crippen LogP contribution in [0.5, 0.6) is 0 Å². The minimum absolute atomic E-state index is 0.124. The molecule has 0 aromatic heterocycles. The zero-order valence-electron chi connectivity index (χ0n) is 11.1. The molecule has 2 unspecified atom stereocenters. The van der Waals surface area contributed by atoms with Crippen LogP contribution in [0.4, 0.5) is 13.2 Å². The summed E-state index contributed by atoms with van der Waals surface area (Å²) in [5, 5.41) is 3.40. The zero-order chi connectivity index (χ0) is 14.2. The quantitative estimate of drug-likeness (QED) is 0.913. The number of hydrogen-bond donors (Lipinski definition) is 1. The van der Waals surface area contributed by atoms with Crippen molar-refractivity contribution in [3.63, 3.8) is 0 Å². The molecule has 110 valence electrons. The van der Waals surface area contributed by atoms with Crippen LogP contribution in [0.1, 0.15) is 36.5 Å². The van der Waals surface area contributed by atoms with Gasteiger partial charge in [0, 0.05) is 25.1 Å². The van der Waals surface area contributed by atoms with Gasteiger partial charge in [-0.2, -0.15) is 13.2 Å². The standard InChI is InChI=1S/C15H18F3NO/c16-15(17,18)13-4-2-1-3-12(13)14-10(7-8-20-14)9-19-11-5-6-11/h1-4,10-11,14,19H,5-9H2. The molecule has 0 bridgehead atoms. The number of rotatable bonds is 4. The van der Waals surface area contributed by atoms with Crippen molar-refractivity contribution in [3.05, 3.63) is 35.4 Å². The second kappa shape index (κ2) is 5.37. The van der Waals surface area contributed by atoms with Gasteiger partial charge in [0.05, 0.1) is 11.7 Å². The predicted molar refractivity (Wildman–Crippen MR) is 69.3 cm³/mol. The Morgan fingerprint density at radius 2 is 1.90 bits per heavy atom. The molecule has 0 spiro atoms. The van der Waals surface area contributed by atoms with E-state index in [1.54, 1.807) is 12.1 Å². The van der Waals surface area contributed by atoms with E-state index in [0.29, 0.717) is 12.6 Å². The number of alkyl halides is 3. The molecule has 1 aliphatic carbocycles. The zero-order valence-corrected chi connectivity index (χ0v) is 11.1. The highest BCUT2D eigenvalue weighted by molar-refractivity contribution is 5.32. The van der Waals surface area contributed by atoms with Gasteiger partial charge in [-0.25, -0.2) is 0 Å². The van der Waals surface area contributed by atoms with E-state index in [1.807, 2.05) is 0 Å². The Morgan fingerprint density at radius 1 is 1.15 bits per heavy atom. The van der Waals surface area contributed by atoms with Crippen LogP contribution in [0.25, 0.3) is 0 Å². The third-order valence-electron chi connectivity index (χ3n) is 4.03. The summed E-state index contributed by atoms with van der Waals surface area (Å²) in [6, 6.07) is 6.33. The molecule has 2 fully saturated rings. The van der Waals surface area contributed by atoms with E-state index >= 15 is 0 Å². The van der Waals surface area contributed by atoms with Crippen molar-refractivity contribution in [1.29, 1.82) is 0 Å². The summed E-state index contributed by atoms with van der Waals surface area (Å²) in [7, 11) is 0. The van der Waals surface area contributed by atoms with Crippen LogP contribution in [0.2, 0.25) is 0 Å². The minimum atomic E-state index is -4.32. The van der Waals surface area contributed by atoms with Gasteiger partial charge in [0.15, 0.2) is 0 Å². The lowest BCUT2D eigenvalue weighted by Gasteiger charge is -2.23. The maximum absolute atomic E-state index is 13.1. The summed E-state index contributed by atoms with van der Waals surface area (Å²) in [6.45, 7) is 1.27. The van der Waals surface area contributed by atoms with Gasteiger partial charge in [0.2, 0.25) is 0 Å². The lowest BCUT2D eigenvalue weighted by atomic mass is 9.92. The molecule has 1 aromatic rings. The van der Waals surface area contributed by atoms with Crippen molar-refractivity contribution >= 4 is 0 Å². The largest absolute Gasteiger partial charge is 0.416 e. The molecule has 1 heterocycles. The Hall–Kier alpha value is -1.07. The van der Waals surface area contributed by atoms with E-state index < -0.39 is 17.8 Å². The monoisotopic (exact) mass is 285 g/mol. The average Bonchev–Trinajstić information content (AvgIpc) is 3.12. The normalized spacial score (nSPS) is 26.9. The van der Waals surface area contributed by atoms with Crippen molar-refractivity contribution in [1.82, 2.24) is 5.32 Å². The van der Waals surface area contributed by atoms with Crippen molar-refractivity contribution in [2.75, 3.05) is 13.2 Å². The summed E-state index contributed by atoms with van der Waals surface area (Å²) < 4.78 is 44.8. The van der Waals surface area contributed by atoms with Gasteiger partial charge in [0.25, 0.3) is 0 Å². The molecule has 2 aliphatic rings. The van der Waals surface area contributed by atoms with Gasteiger partial charge in [-0.3, -0.25) is 0 Å². The van der Waals surface area contributed by atoms with Gasteiger partial charge >= 0.3 is 6.18 Å². The van der Waals surface area contributed by atoms with E-state index in [4.69, 9.17) is 4.74 Å². The maximum atomic E-state index is 13.1. The number of hydrogen-bond acceptors (Lipinski definition) is 2. The fourth-order valence-corrected chi connectivity index (χ4v) is 2.80. The molecular weight excluding hydrogens is 267 g/mol. The summed E-state index contributed by atoms with van der Waals surface area (Å²) in [5.74, 6) is 0.124. The Morgan fingerprint density at radius 3 is 2.60 bits per heavy atom. The first-order valence-electron chi connectivity index (χ1n) is 7.07. The molecule has 1 aliphatic heterocycles. The second-order valence-electron chi connectivity index (χ2n) is 5.61. The minimum Gasteiger partial charge on any atom is -0.373 e. The smallest absolute Gasteiger partial charge is 0.373 e. The molecule has 1 saturated carbocycles. The number of ether oxygens (including phenoxy) is 1. The van der Waals surface area contributed by atoms with Crippen molar-refractivity contribution < 1.29 is 17.9 Å². The van der Waals surface area contributed by atoms with E-state index in [9.17, 15) is 13.2 Å². The fraction of sp³-hybridized carbons (Fsp3) is 0.600. The molecule has 3 rings (SSSR count). The van der Waals surface area contributed by atoms with Crippen LogP contribution >= 0.6 is 0 Å². The number of benzene rings is 1. The predicted octanol–water partition coefficient (Wildman–Crippen LogP) is 3.54. The van der Waals surface area contributed by atoms with Crippen LogP contribution in [0, 0.1) is 5.92 Å². The molecule has 2 nitrogen and oxygen atoms in total. The lowest BCUT2D eigenvalue weighted by Crippen LogP contribution is -2.27. The highest BCUT2D eigenvalue weighted by atomic mass is 19.4. The molecule has 2 atom stereocenters. The molecule has 1 N–H and O–H groups in total. The SMILES string of the molecule is FC(F)(F)c1ccccc1C1OCCC1CNC1CC1. The van der Waals surface area contributed by atoms with Crippen LogP contribution < -0.4 is 5.32 Å². The molecule has 1 saturated heterocycles. The third-order valence-corrected chi connectivity index (χ3v) is 4.03. The van der Waals surface area contributed by atoms with Crippen molar-refractivity contribution in [2.24, 2.45) is 5.92 Å². The van der Waals surface area contributed by atoms with Gasteiger partial charge in [-0.15, -0.1) is 0 Å². The number of nitrogens with one attached hydrogen (secondary N) is 1. The van der Waals surface area contributed by atoms with E-state index in [-0.39, 0.29) is 11.5 Å². The first-order chi connectivity index (χ1) is 9.55. The molecule has 0 amide bonds. The van der Waals surface area contributed by atoms with E-state index in [0.717, 1.165) is 19.0 Å². The number of halogens is 3. The first kappa shape index (κ1) is 13.9. The highest BCUT2D eigenvalue weighted by Gasteiger charge is 2.39. The molecular formula is C15H18F3NO. The van der Waals surface area contributed by atoms with Crippen molar-refractivity contribution in [3.8, 4) is 0 Å². The topological polar surface area (TPSA) is 21.3 Å². The van der Waals surface area contributed by atoms with Gasteiger partial charge in [-0.1, -0.05) is 18.2 Å². The van der Waals surface area contributed by atoms with Gasteiger partial charge < -0.3 is 10.1 Å². The molecule has 5 heteroatoms. The van der Waals surface area contributed by atoms with Crippen LogP contribution in [-0.4, -0.2) is 19.2 Å². The van der Waals surface area contributed by atoms with Gasteiger partial charge in [0.1, 0.15) is 0 Å². The Balaban J connectivity index is 1.79. The first-order valence-corrected chi connectivity index (χ1v) is 7.07. The Kier molecular flexibility index (Phi) is 3.73. The van der Waals surface area contributed by atoms with Crippen LogP contribution in [0.15, 0.2) is 24.3 Å². The maximum Gasteiger partial charge on any atom is 0.416 e. The average molecular weight is 285 g/mol. The summed E-state index contributed by atoms with van der Waals surface area (Å²) in [6.07, 6.45) is -1.60. The molecule has 1 aromatic carbocycles. The van der Waals surface area contributed by atoms with Crippen molar-refractivity contribution in [2.45, 2.75) is 37.6 Å². The lowest BCUT2D eigenvalue weighted by molar-refractivity contribution is -0.139. The second-order valence-corrected chi connectivity index (χ2v) is 5.61. The Bertz CT molecular complexity index is 470. The Labute approximate surface area is 116 Å². The summed E-state index contributed by atoms with van der Waals surface area (Å²) in [4.78, 5) is 0.